The molecule has 0 aliphatic heterocycles. The van der Waals surface area contributed by atoms with Gasteiger partial charge in [0.2, 0.25) is 0 Å². The molecule has 19 heavy (non-hydrogen) atoms. The smallest absolute Gasteiger partial charge is 0.377 e. The Morgan fingerprint density at radius 1 is 1.26 bits per heavy atom. The van der Waals surface area contributed by atoms with Gasteiger partial charge in [0.1, 0.15) is 0 Å². The van der Waals surface area contributed by atoms with Gasteiger partial charge in [-0.25, -0.2) is 0 Å². The first-order valence-electron chi connectivity index (χ1n) is 6.07. The van der Waals surface area contributed by atoms with E-state index in [0.29, 0.717) is 19.7 Å². The van der Waals surface area contributed by atoms with Crippen LogP contribution in [0.5, 0.6) is 0 Å². The van der Waals surface area contributed by atoms with E-state index in [0.717, 1.165) is 5.56 Å². The fraction of sp³-hybridized carbons (Fsp3) is 0.538. The van der Waals surface area contributed by atoms with Crippen molar-refractivity contribution in [3.05, 3.63) is 29.8 Å². The van der Waals surface area contributed by atoms with Gasteiger partial charge in [-0.2, -0.15) is 13.2 Å². The maximum Gasteiger partial charge on any atom is 0.446 e. The Morgan fingerprint density at radius 2 is 1.89 bits per heavy atom. The van der Waals surface area contributed by atoms with E-state index in [1.807, 2.05) is 13.8 Å². The second-order valence-corrected chi connectivity index (χ2v) is 5.23. The molecule has 2 nitrogen and oxygen atoms in total. The van der Waals surface area contributed by atoms with E-state index in [2.05, 4.69) is 5.32 Å². The summed E-state index contributed by atoms with van der Waals surface area (Å²) in [5.41, 5.74) is -3.28. The minimum Gasteiger partial charge on any atom is -0.377 e. The van der Waals surface area contributed by atoms with Crippen molar-refractivity contribution < 1.29 is 17.9 Å². The molecule has 0 aliphatic carbocycles. The van der Waals surface area contributed by atoms with Crippen LogP contribution in [0.3, 0.4) is 0 Å². The summed E-state index contributed by atoms with van der Waals surface area (Å²) in [6.07, 6.45) is 0.130. The third-order valence-electron chi connectivity index (χ3n) is 2.37. The molecular weight excluding hydrogens is 275 g/mol. The maximum absolute atomic E-state index is 12.1. The summed E-state index contributed by atoms with van der Waals surface area (Å²) in [6, 6.07) is 6.38. The maximum atomic E-state index is 12.1. The normalized spacial score (nSPS) is 13.5. The lowest BCUT2D eigenvalue weighted by Gasteiger charge is -2.12. The van der Waals surface area contributed by atoms with Crippen molar-refractivity contribution in [2.24, 2.45) is 0 Å². The number of nitrogens with one attached hydrogen (secondary N) is 1. The molecule has 0 radical (unpaired) electrons. The SMILES string of the molecule is CCOC(C)CNCc1ccc(SC(F)(F)F)cc1. The Balaban J connectivity index is 2.36. The first-order valence-corrected chi connectivity index (χ1v) is 6.89. The van der Waals surface area contributed by atoms with Crippen molar-refractivity contribution in [3.63, 3.8) is 0 Å². The van der Waals surface area contributed by atoms with Crippen LogP contribution in [0.25, 0.3) is 0 Å². The monoisotopic (exact) mass is 293 g/mol. The molecule has 1 unspecified atom stereocenters. The zero-order valence-electron chi connectivity index (χ0n) is 11.0. The van der Waals surface area contributed by atoms with Crippen molar-refractivity contribution in [1.29, 1.82) is 0 Å². The molecule has 1 atom stereocenters. The highest BCUT2D eigenvalue weighted by molar-refractivity contribution is 8.00. The van der Waals surface area contributed by atoms with Gasteiger partial charge in [-0.1, -0.05) is 12.1 Å². The third-order valence-corrected chi connectivity index (χ3v) is 3.11. The summed E-state index contributed by atoms with van der Waals surface area (Å²) in [6.45, 7) is 5.92. The predicted molar refractivity (Wildman–Crippen MR) is 71.1 cm³/mol. The van der Waals surface area contributed by atoms with E-state index in [1.54, 1.807) is 12.1 Å². The van der Waals surface area contributed by atoms with Gasteiger partial charge in [0.05, 0.1) is 6.10 Å². The van der Waals surface area contributed by atoms with Crippen molar-refractivity contribution in [2.45, 2.75) is 36.9 Å². The minimum atomic E-state index is -4.23. The standard InChI is InChI=1S/C13H18F3NOS/c1-3-18-10(2)8-17-9-11-4-6-12(7-5-11)19-13(14,15)16/h4-7,10,17H,3,8-9H2,1-2H3. The van der Waals surface area contributed by atoms with Gasteiger partial charge < -0.3 is 10.1 Å². The van der Waals surface area contributed by atoms with Crippen molar-refractivity contribution in [3.8, 4) is 0 Å². The first kappa shape index (κ1) is 16.3. The van der Waals surface area contributed by atoms with Gasteiger partial charge in [-0.3, -0.25) is 0 Å². The Bertz CT molecular complexity index is 367. The highest BCUT2D eigenvalue weighted by Crippen LogP contribution is 2.36. The van der Waals surface area contributed by atoms with Crippen LogP contribution in [0.4, 0.5) is 13.2 Å². The van der Waals surface area contributed by atoms with Crippen LogP contribution in [0.2, 0.25) is 0 Å². The van der Waals surface area contributed by atoms with Gasteiger partial charge in [0, 0.05) is 24.6 Å². The average molecular weight is 293 g/mol. The molecule has 1 rings (SSSR count). The Kier molecular flexibility index (Phi) is 6.68. The molecule has 0 aromatic heterocycles. The van der Waals surface area contributed by atoms with Crippen LogP contribution < -0.4 is 5.32 Å². The van der Waals surface area contributed by atoms with Gasteiger partial charge in [0.15, 0.2) is 0 Å². The van der Waals surface area contributed by atoms with E-state index in [-0.39, 0.29) is 22.8 Å². The van der Waals surface area contributed by atoms with E-state index >= 15 is 0 Å². The molecule has 108 valence electrons. The van der Waals surface area contributed by atoms with Gasteiger partial charge in [-0.05, 0) is 43.3 Å². The highest BCUT2D eigenvalue weighted by Gasteiger charge is 2.28. The Morgan fingerprint density at radius 3 is 2.42 bits per heavy atom. The van der Waals surface area contributed by atoms with E-state index in [1.165, 1.54) is 12.1 Å². The zero-order chi connectivity index (χ0) is 14.3. The third kappa shape index (κ3) is 7.44. The number of halogens is 3. The number of thioether (sulfide) groups is 1. The van der Waals surface area contributed by atoms with Gasteiger partial charge >= 0.3 is 5.51 Å². The number of rotatable bonds is 7. The van der Waals surface area contributed by atoms with Crippen LogP contribution in [-0.4, -0.2) is 24.8 Å². The van der Waals surface area contributed by atoms with Crippen molar-refractivity contribution in [2.75, 3.05) is 13.2 Å². The van der Waals surface area contributed by atoms with Gasteiger partial charge in [0.25, 0.3) is 0 Å². The molecule has 0 saturated heterocycles. The minimum absolute atomic E-state index is 0.0956. The lowest BCUT2D eigenvalue weighted by Crippen LogP contribution is -2.26. The highest BCUT2D eigenvalue weighted by atomic mass is 32.2. The summed E-state index contributed by atoms with van der Waals surface area (Å²) >= 11 is -0.0956. The Labute approximate surface area is 115 Å². The quantitative estimate of drug-likeness (QED) is 0.772. The average Bonchev–Trinajstić information content (AvgIpc) is 2.30. The second kappa shape index (κ2) is 7.77. The number of hydrogen-bond acceptors (Lipinski definition) is 3. The molecule has 0 fully saturated rings. The molecule has 1 aromatic carbocycles. The summed E-state index contributed by atoms with van der Waals surface area (Å²) in [5.74, 6) is 0. The number of benzene rings is 1. The van der Waals surface area contributed by atoms with Crippen molar-refractivity contribution in [1.82, 2.24) is 5.32 Å². The lowest BCUT2D eigenvalue weighted by molar-refractivity contribution is -0.0328. The zero-order valence-corrected chi connectivity index (χ0v) is 11.8. The summed E-state index contributed by atoms with van der Waals surface area (Å²) in [5, 5.41) is 3.20. The molecule has 0 saturated carbocycles. The largest absolute Gasteiger partial charge is 0.446 e. The molecule has 0 spiro atoms. The fourth-order valence-corrected chi connectivity index (χ4v) is 2.11. The molecule has 0 heterocycles. The first-order chi connectivity index (χ1) is 8.90. The van der Waals surface area contributed by atoms with E-state index < -0.39 is 5.51 Å². The van der Waals surface area contributed by atoms with E-state index in [4.69, 9.17) is 4.74 Å². The van der Waals surface area contributed by atoms with E-state index in [9.17, 15) is 13.2 Å². The molecule has 1 aromatic rings. The molecule has 0 aliphatic rings. The Hall–Kier alpha value is -0.720. The fourth-order valence-electron chi connectivity index (χ4n) is 1.57. The van der Waals surface area contributed by atoms with Crippen LogP contribution in [-0.2, 0) is 11.3 Å². The summed E-state index contributed by atoms with van der Waals surface area (Å²) in [7, 11) is 0. The molecule has 0 amide bonds. The number of alkyl halides is 3. The van der Waals surface area contributed by atoms with Gasteiger partial charge in [-0.15, -0.1) is 0 Å². The lowest BCUT2D eigenvalue weighted by atomic mass is 10.2. The van der Waals surface area contributed by atoms with Crippen LogP contribution in [0.15, 0.2) is 29.2 Å². The molecule has 1 N–H and O–H groups in total. The topological polar surface area (TPSA) is 21.3 Å². The summed E-state index contributed by atoms with van der Waals surface area (Å²) in [4.78, 5) is 0.207. The van der Waals surface area contributed by atoms with Crippen LogP contribution in [0.1, 0.15) is 19.4 Å². The molecule has 6 heteroatoms. The number of hydrogen-bond donors (Lipinski definition) is 1. The second-order valence-electron chi connectivity index (χ2n) is 4.09. The predicted octanol–water partition coefficient (Wildman–Crippen LogP) is 3.81. The molecular formula is C13H18F3NOS. The molecule has 0 bridgehead atoms. The van der Waals surface area contributed by atoms with Crippen LogP contribution in [0, 0.1) is 0 Å². The van der Waals surface area contributed by atoms with Crippen LogP contribution >= 0.6 is 11.8 Å². The number of ether oxygens (including phenoxy) is 1. The summed E-state index contributed by atoms with van der Waals surface area (Å²) < 4.78 is 41.8. The van der Waals surface area contributed by atoms with Crippen molar-refractivity contribution >= 4 is 11.8 Å².